The molecule has 108 valence electrons. The van der Waals surface area contributed by atoms with E-state index in [1.807, 2.05) is 18.2 Å². The van der Waals surface area contributed by atoms with Crippen LogP contribution in [0.5, 0.6) is 5.75 Å². The first kappa shape index (κ1) is 14.4. The van der Waals surface area contributed by atoms with Crippen LogP contribution in [0.1, 0.15) is 11.4 Å². The number of fused-ring (bicyclic) bond motifs is 1. The van der Waals surface area contributed by atoms with E-state index >= 15 is 0 Å². The van der Waals surface area contributed by atoms with Gasteiger partial charge in [-0.2, -0.15) is 0 Å². The molecule has 0 saturated carbocycles. The van der Waals surface area contributed by atoms with Gasteiger partial charge in [0.05, 0.1) is 29.7 Å². The molecule has 1 heterocycles. The minimum atomic E-state index is 0.345. The lowest BCUT2D eigenvalue weighted by Gasteiger charge is -2.11. The maximum absolute atomic E-state index is 6.08. The molecular weight excluding hydrogens is 352 g/mol. The maximum Gasteiger partial charge on any atom is 0.129 e. The minimum absolute atomic E-state index is 0.345. The van der Waals surface area contributed by atoms with Crippen molar-refractivity contribution in [1.82, 2.24) is 9.55 Å². The fraction of sp³-hybridized carbons (Fsp3) is 0.188. The third-order valence-electron chi connectivity index (χ3n) is 3.39. The summed E-state index contributed by atoms with van der Waals surface area (Å²) in [4.78, 5) is 4.61. The Bertz CT molecular complexity index is 813. The Morgan fingerprint density at radius 2 is 2.05 bits per heavy atom. The van der Waals surface area contributed by atoms with Gasteiger partial charge in [0.1, 0.15) is 11.6 Å². The van der Waals surface area contributed by atoms with Crippen LogP contribution in [0.2, 0.25) is 0 Å². The summed E-state index contributed by atoms with van der Waals surface area (Å²) < 4.78 is 8.35. The fourth-order valence-electron chi connectivity index (χ4n) is 2.39. The number of aryl methyl sites for hydroxylation is 1. The summed E-state index contributed by atoms with van der Waals surface area (Å²) in [7, 11) is 1.65. The number of nitrogens with zero attached hydrogens (tertiary/aromatic N) is 2. The molecule has 0 N–H and O–H groups in total. The van der Waals surface area contributed by atoms with Crippen molar-refractivity contribution in [3.8, 4) is 11.4 Å². The topological polar surface area (TPSA) is 27.1 Å². The molecule has 0 aliphatic rings. The number of rotatable bonds is 3. The van der Waals surface area contributed by atoms with Crippen LogP contribution >= 0.6 is 27.5 Å². The Morgan fingerprint density at radius 3 is 2.71 bits per heavy atom. The molecule has 0 unspecified atom stereocenters. The van der Waals surface area contributed by atoms with E-state index in [2.05, 4.69) is 50.6 Å². The monoisotopic (exact) mass is 364 g/mol. The smallest absolute Gasteiger partial charge is 0.129 e. The standard InChI is InChI=1S/C16H14BrClN2O/c1-10-3-5-14(12(17)7-10)20-15-6-4-11(21-2)8-13(15)19-16(20)9-18/h3-8H,9H2,1-2H3. The average molecular weight is 366 g/mol. The van der Waals surface area contributed by atoms with E-state index in [0.717, 1.165) is 32.8 Å². The fourth-order valence-corrected chi connectivity index (χ4v) is 3.24. The van der Waals surface area contributed by atoms with Gasteiger partial charge in [-0.05, 0) is 52.7 Å². The number of imidazole rings is 1. The zero-order valence-corrected chi connectivity index (χ0v) is 14.1. The number of halogens is 2. The van der Waals surface area contributed by atoms with Crippen molar-refractivity contribution in [2.24, 2.45) is 0 Å². The summed E-state index contributed by atoms with van der Waals surface area (Å²) in [6, 6.07) is 12.1. The van der Waals surface area contributed by atoms with E-state index in [-0.39, 0.29) is 0 Å². The van der Waals surface area contributed by atoms with Crippen LogP contribution in [0.3, 0.4) is 0 Å². The summed E-state index contributed by atoms with van der Waals surface area (Å²) in [6.45, 7) is 2.06. The summed E-state index contributed by atoms with van der Waals surface area (Å²) in [5, 5.41) is 0. The van der Waals surface area contributed by atoms with Gasteiger partial charge in [-0.1, -0.05) is 6.07 Å². The highest BCUT2D eigenvalue weighted by atomic mass is 79.9. The van der Waals surface area contributed by atoms with Crippen molar-refractivity contribution in [2.75, 3.05) is 7.11 Å². The first-order chi connectivity index (χ1) is 10.1. The van der Waals surface area contributed by atoms with Crippen LogP contribution in [-0.4, -0.2) is 16.7 Å². The maximum atomic E-state index is 6.08. The third-order valence-corrected chi connectivity index (χ3v) is 4.27. The van der Waals surface area contributed by atoms with E-state index in [0.29, 0.717) is 5.88 Å². The molecular formula is C16H14BrClN2O. The third kappa shape index (κ3) is 2.54. The molecule has 3 aromatic rings. The van der Waals surface area contributed by atoms with Crippen LogP contribution in [0.4, 0.5) is 0 Å². The predicted molar refractivity (Wildman–Crippen MR) is 89.6 cm³/mol. The molecule has 0 bridgehead atoms. The van der Waals surface area contributed by atoms with Crippen LogP contribution < -0.4 is 4.74 Å². The first-order valence-corrected chi connectivity index (χ1v) is 7.84. The van der Waals surface area contributed by atoms with Crippen molar-refractivity contribution in [2.45, 2.75) is 12.8 Å². The molecule has 0 amide bonds. The Balaban J connectivity index is 2.29. The minimum Gasteiger partial charge on any atom is -0.497 e. The zero-order chi connectivity index (χ0) is 15.0. The zero-order valence-electron chi connectivity index (χ0n) is 11.7. The molecule has 0 radical (unpaired) electrons. The summed E-state index contributed by atoms with van der Waals surface area (Å²) in [5.74, 6) is 1.94. The second-order valence-corrected chi connectivity index (χ2v) is 5.93. The van der Waals surface area contributed by atoms with Gasteiger partial charge in [0.15, 0.2) is 0 Å². The molecule has 1 aromatic heterocycles. The van der Waals surface area contributed by atoms with Gasteiger partial charge in [-0.15, -0.1) is 11.6 Å². The van der Waals surface area contributed by atoms with Crippen molar-refractivity contribution >= 4 is 38.6 Å². The number of aromatic nitrogens is 2. The van der Waals surface area contributed by atoms with Gasteiger partial charge in [-0.25, -0.2) is 4.98 Å². The average Bonchev–Trinajstić information content (AvgIpc) is 2.84. The number of alkyl halides is 1. The summed E-state index contributed by atoms with van der Waals surface area (Å²) in [6.07, 6.45) is 0. The van der Waals surface area contributed by atoms with E-state index in [1.54, 1.807) is 7.11 Å². The number of hydrogen-bond donors (Lipinski definition) is 0. The van der Waals surface area contributed by atoms with Crippen molar-refractivity contribution < 1.29 is 4.74 Å². The second-order valence-electron chi connectivity index (χ2n) is 4.81. The van der Waals surface area contributed by atoms with E-state index in [4.69, 9.17) is 16.3 Å². The van der Waals surface area contributed by atoms with Gasteiger partial charge in [-0.3, -0.25) is 4.57 Å². The lowest BCUT2D eigenvalue weighted by Crippen LogP contribution is -2.00. The van der Waals surface area contributed by atoms with E-state index in [9.17, 15) is 0 Å². The largest absolute Gasteiger partial charge is 0.497 e. The number of benzene rings is 2. The summed E-state index contributed by atoms with van der Waals surface area (Å²) in [5.41, 5.74) is 4.11. The highest BCUT2D eigenvalue weighted by Gasteiger charge is 2.14. The Hall–Kier alpha value is -1.52. The molecule has 0 atom stereocenters. The second kappa shape index (κ2) is 5.70. The molecule has 3 rings (SSSR count). The van der Waals surface area contributed by atoms with E-state index in [1.165, 1.54) is 5.56 Å². The molecule has 2 aromatic carbocycles. The number of ether oxygens (including phenoxy) is 1. The van der Waals surface area contributed by atoms with Gasteiger partial charge >= 0.3 is 0 Å². The molecule has 0 spiro atoms. The van der Waals surface area contributed by atoms with Crippen LogP contribution in [0.15, 0.2) is 40.9 Å². The number of methoxy groups -OCH3 is 1. The highest BCUT2D eigenvalue weighted by molar-refractivity contribution is 9.10. The molecule has 0 fully saturated rings. The molecule has 0 saturated heterocycles. The first-order valence-electron chi connectivity index (χ1n) is 6.52. The lowest BCUT2D eigenvalue weighted by atomic mass is 10.2. The summed E-state index contributed by atoms with van der Waals surface area (Å²) >= 11 is 9.71. The molecule has 21 heavy (non-hydrogen) atoms. The Morgan fingerprint density at radius 1 is 1.24 bits per heavy atom. The molecule has 3 nitrogen and oxygen atoms in total. The predicted octanol–water partition coefficient (Wildman–Crippen LogP) is 4.84. The molecule has 5 heteroatoms. The van der Waals surface area contributed by atoms with Crippen LogP contribution in [0, 0.1) is 6.92 Å². The quantitative estimate of drug-likeness (QED) is 0.621. The van der Waals surface area contributed by atoms with Crippen molar-refractivity contribution in [3.63, 3.8) is 0 Å². The SMILES string of the molecule is COc1ccc2c(c1)nc(CCl)n2-c1ccc(C)cc1Br. The number of hydrogen-bond acceptors (Lipinski definition) is 2. The molecule has 0 aliphatic heterocycles. The highest BCUT2D eigenvalue weighted by Crippen LogP contribution is 2.30. The van der Waals surface area contributed by atoms with Gasteiger partial charge in [0.25, 0.3) is 0 Å². The molecule has 0 aliphatic carbocycles. The lowest BCUT2D eigenvalue weighted by molar-refractivity contribution is 0.415. The van der Waals surface area contributed by atoms with Crippen LogP contribution in [-0.2, 0) is 5.88 Å². The van der Waals surface area contributed by atoms with Crippen LogP contribution in [0.25, 0.3) is 16.7 Å². The van der Waals surface area contributed by atoms with Gasteiger partial charge in [0, 0.05) is 10.5 Å². The van der Waals surface area contributed by atoms with Crippen molar-refractivity contribution in [1.29, 1.82) is 0 Å². The van der Waals surface area contributed by atoms with E-state index < -0.39 is 0 Å². The van der Waals surface area contributed by atoms with Gasteiger partial charge in [0.2, 0.25) is 0 Å². The van der Waals surface area contributed by atoms with Gasteiger partial charge < -0.3 is 4.74 Å². The Kier molecular flexibility index (Phi) is 3.91. The Labute approximate surface area is 136 Å². The van der Waals surface area contributed by atoms with Crippen molar-refractivity contribution in [3.05, 3.63) is 52.3 Å². The normalized spacial score (nSPS) is 11.0.